The maximum atomic E-state index is 10.4. The van der Waals surface area contributed by atoms with Crippen molar-refractivity contribution in [2.75, 3.05) is 0 Å². The molecule has 0 unspecified atom stereocenters. The van der Waals surface area contributed by atoms with Crippen molar-refractivity contribution in [2.45, 2.75) is 38.8 Å². The van der Waals surface area contributed by atoms with Gasteiger partial charge in [-0.25, -0.2) is 0 Å². The molecule has 1 aromatic rings. The first-order valence-corrected chi connectivity index (χ1v) is 6.42. The molecule has 0 spiro atoms. The predicted molar refractivity (Wildman–Crippen MR) is 81.6 cm³/mol. The van der Waals surface area contributed by atoms with Gasteiger partial charge in [0.25, 0.3) is 0 Å². The Bertz CT molecular complexity index is 477. The lowest BCUT2D eigenvalue weighted by molar-refractivity contribution is -0.103. The summed E-state index contributed by atoms with van der Waals surface area (Å²) in [5.41, 5.74) is 1.12. The molecule has 0 saturated heterocycles. The van der Waals surface area contributed by atoms with Crippen LogP contribution in [0, 0.1) is 0 Å². The van der Waals surface area contributed by atoms with Crippen LogP contribution in [0.5, 0.6) is 0 Å². The van der Waals surface area contributed by atoms with Crippen LogP contribution in [0.1, 0.15) is 38.8 Å². The molecule has 0 atom stereocenters. The molecule has 0 aliphatic carbocycles. The predicted octanol–water partition coefficient (Wildman–Crippen LogP) is 2.70. The summed E-state index contributed by atoms with van der Waals surface area (Å²) in [6.07, 6.45) is 3.89. The Morgan fingerprint density at radius 2 is 1.05 bits per heavy atom. The zero-order chi connectivity index (χ0) is 15.2. The van der Waals surface area contributed by atoms with Crippen LogP contribution in [-0.2, 0) is 20.7 Å². The zero-order valence-electron chi connectivity index (χ0n) is 12.3. The number of carbonyl (C=O) groups excluding carboxylic acids is 2. The lowest BCUT2D eigenvalue weighted by atomic mass is 9.89. The Labute approximate surface area is 119 Å². The molecule has 1 aromatic carbocycles. The maximum Gasteiger partial charge on any atom is 0.160 e. The normalized spacial score (nSPS) is 13.0. The van der Waals surface area contributed by atoms with Crippen LogP contribution in [0.2, 0.25) is 0 Å². The van der Waals surface area contributed by atoms with E-state index < -0.39 is 11.1 Å². The summed E-state index contributed by atoms with van der Waals surface area (Å²) in [6.45, 7) is 7.77. The fourth-order valence-electron chi connectivity index (χ4n) is 1.87. The van der Waals surface area contributed by atoms with Crippen molar-refractivity contribution in [1.82, 2.24) is 0 Å². The highest BCUT2D eigenvalue weighted by Gasteiger charge is 2.21. The van der Waals surface area contributed by atoms with Crippen molar-refractivity contribution in [3.05, 3.63) is 35.4 Å². The summed E-state index contributed by atoms with van der Waals surface area (Å²) < 4.78 is 0. The van der Waals surface area contributed by atoms with E-state index in [2.05, 4.69) is 9.98 Å². The Morgan fingerprint density at radius 1 is 0.750 bits per heavy atom. The van der Waals surface area contributed by atoms with Gasteiger partial charge < -0.3 is 0 Å². The standard InChI is InChI=1S/C16H20N2O2/c1-15(2,17-9-11-19)13-5-7-14(8-6-13)16(3,4)18-10-12-20/h5-12H,1-4H3. The average Bonchev–Trinajstić information content (AvgIpc) is 2.43. The van der Waals surface area contributed by atoms with Crippen LogP contribution >= 0.6 is 0 Å². The highest BCUT2D eigenvalue weighted by molar-refractivity contribution is 6.13. The molecule has 0 amide bonds. The molecule has 20 heavy (non-hydrogen) atoms. The molecule has 0 bridgehead atoms. The monoisotopic (exact) mass is 272 g/mol. The Kier molecular flexibility index (Phi) is 5.08. The lowest BCUT2D eigenvalue weighted by Gasteiger charge is -2.23. The molecule has 0 fully saturated rings. The van der Waals surface area contributed by atoms with E-state index in [4.69, 9.17) is 0 Å². The number of carbonyl (C=O) groups is 2. The topological polar surface area (TPSA) is 58.9 Å². The van der Waals surface area contributed by atoms with Gasteiger partial charge in [-0.1, -0.05) is 24.3 Å². The second-order valence-electron chi connectivity index (χ2n) is 5.52. The van der Waals surface area contributed by atoms with Gasteiger partial charge in [-0.2, -0.15) is 0 Å². The molecular weight excluding hydrogens is 252 g/mol. The van der Waals surface area contributed by atoms with Crippen LogP contribution in [0.15, 0.2) is 34.3 Å². The summed E-state index contributed by atoms with van der Waals surface area (Å²) in [6, 6.07) is 7.87. The van der Waals surface area contributed by atoms with Gasteiger partial charge in [-0.05, 0) is 38.8 Å². The molecule has 0 N–H and O–H groups in total. The third-order valence-electron chi connectivity index (χ3n) is 3.21. The van der Waals surface area contributed by atoms with E-state index >= 15 is 0 Å². The second kappa shape index (κ2) is 6.37. The van der Waals surface area contributed by atoms with Gasteiger partial charge >= 0.3 is 0 Å². The van der Waals surface area contributed by atoms with Crippen LogP contribution in [0.4, 0.5) is 0 Å². The van der Waals surface area contributed by atoms with Gasteiger partial charge in [-0.3, -0.25) is 19.6 Å². The van der Waals surface area contributed by atoms with Crippen LogP contribution < -0.4 is 0 Å². The van der Waals surface area contributed by atoms with Gasteiger partial charge in [0, 0.05) is 0 Å². The largest absolute Gasteiger partial charge is 0.297 e. The highest BCUT2D eigenvalue weighted by atomic mass is 16.1. The number of benzene rings is 1. The van der Waals surface area contributed by atoms with E-state index in [-0.39, 0.29) is 0 Å². The Hall–Kier alpha value is -2.10. The Morgan fingerprint density at radius 3 is 1.30 bits per heavy atom. The van der Waals surface area contributed by atoms with E-state index in [0.717, 1.165) is 11.1 Å². The number of hydrogen-bond donors (Lipinski definition) is 0. The van der Waals surface area contributed by atoms with E-state index in [9.17, 15) is 9.59 Å². The minimum absolute atomic E-state index is 0.449. The molecule has 4 heteroatoms. The molecule has 0 aliphatic rings. The van der Waals surface area contributed by atoms with Crippen molar-refractivity contribution in [3.8, 4) is 0 Å². The third-order valence-corrected chi connectivity index (χ3v) is 3.21. The van der Waals surface area contributed by atoms with Crippen molar-refractivity contribution in [3.63, 3.8) is 0 Å². The van der Waals surface area contributed by atoms with E-state index in [1.54, 1.807) is 0 Å². The molecule has 0 radical (unpaired) electrons. The fraction of sp³-hybridized carbons (Fsp3) is 0.375. The van der Waals surface area contributed by atoms with Crippen molar-refractivity contribution in [2.24, 2.45) is 9.98 Å². The molecule has 4 nitrogen and oxygen atoms in total. The summed E-state index contributed by atoms with van der Waals surface area (Å²) in [4.78, 5) is 29.2. The second-order valence-corrected chi connectivity index (χ2v) is 5.52. The number of rotatable bonds is 6. The molecule has 0 aliphatic heterocycles. The summed E-state index contributed by atoms with van der Waals surface area (Å²) in [5.74, 6) is 0. The first kappa shape index (κ1) is 16.0. The number of nitrogens with zero attached hydrogens (tertiary/aromatic N) is 2. The van der Waals surface area contributed by atoms with Gasteiger partial charge in [-0.15, -0.1) is 0 Å². The minimum Gasteiger partial charge on any atom is -0.297 e. The Balaban J connectivity index is 3.05. The van der Waals surface area contributed by atoms with Gasteiger partial charge in [0.05, 0.1) is 23.5 Å². The minimum atomic E-state index is -0.449. The molecule has 0 aromatic heterocycles. The quantitative estimate of drug-likeness (QED) is 0.590. The van der Waals surface area contributed by atoms with Crippen LogP contribution in [0.25, 0.3) is 0 Å². The van der Waals surface area contributed by atoms with Gasteiger partial charge in [0.1, 0.15) is 0 Å². The molecular formula is C16H20N2O2. The average molecular weight is 272 g/mol. The summed E-state index contributed by atoms with van der Waals surface area (Å²) in [7, 11) is 0. The highest BCUT2D eigenvalue weighted by Crippen LogP contribution is 2.29. The summed E-state index contributed by atoms with van der Waals surface area (Å²) in [5, 5.41) is 0. The van der Waals surface area contributed by atoms with E-state index in [1.807, 2.05) is 52.0 Å². The molecule has 0 saturated carbocycles. The fourth-order valence-corrected chi connectivity index (χ4v) is 1.87. The first-order chi connectivity index (χ1) is 9.33. The maximum absolute atomic E-state index is 10.4. The third kappa shape index (κ3) is 3.95. The number of aldehydes is 2. The van der Waals surface area contributed by atoms with Crippen molar-refractivity contribution in [1.29, 1.82) is 0 Å². The number of aliphatic imine (C=N–C) groups is 2. The SMILES string of the molecule is CC(C)(N=CC=O)c1ccc(C(C)(C)N=CC=O)cc1. The lowest BCUT2D eigenvalue weighted by Crippen LogP contribution is -2.17. The van der Waals surface area contributed by atoms with E-state index in [1.165, 1.54) is 12.4 Å². The van der Waals surface area contributed by atoms with Gasteiger partial charge in [0.2, 0.25) is 0 Å². The van der Waals surface area contributed by atoms with Gasteiger partial charge in [0.15, 0.2) is 12.6 Å². The smallest absolute Gasteiger partial charge is 0.160 e. The van der Waals surface area contributed by atoms with Crippen LogP contribution in [0.3, 0.4) is 0 Å². The molecule has 0 heterocycles. The zero-order valence-corrected chi connectivity index (χ0v) is 12.3. The van der Waals surface area contributed by atoms with E-state index in [0.29, 0.717) is 12.6 Å². The summed E-state index contributed by atoms with van der Waals surface area (Å²) >= 11 is 0. The molecule has 1 rings (SSSR count). The van der Waals surface area contributed by atoms with Crippen LogP contribution in [-0.4, -0.2) is 25.0 Å². The van der Waals surface area contributed by atoms with Crippen molar-refractivity contribution < 1.29 is 9.59 Å². The molecule has 106 valence electrons. The first-order valence-electron chi connectivity index (χ1n) is 6.42. The number of hydrogen-bond acceptors (Lipinski definition) is 4. The van der Waals surface area contributed by atoms with Crippen molar-refractivity contribution >= 4 is 25.0 Å².